The van der Waals surface area contributed by atoms with Gasteiger partial charge in [-0.15, -0.1) is 0 Å². The maximum Gasteiger partial charge on any atom is 0.0796 e. The van der Waals surface area contributed by atoms with Crippen LogP contribution in [0.1, 0.15) is 24.8 Å². The van der Waals surface area contributed by atoms with Crippen molar-refractivity contribution >= 4 is 0 Å². The van der Waals surface area contributed by atoms with Crippen LogP contribution in [0.3, 0.4) is 0 Å². The average molecular weight is 203 g/mol. The number of hydroxylamine groups is 2. The summed E-state index contributed by atoms with van der Waals surface area (Å²) < 4.78 is 0. The molecule has 0 spiro atoms. The highest BCUT2D eigenvalue weighted by Gasteiger charge is 2.33. The van der Waals surface area contributed by atoms with E-state index in [1.54, 1.807) is 0 Å². The number of benzene rings is 1. The summed E-state index contributed by atoms with van der Waals surface area (Å²) in [5, 5.41) is 2.15. The van der Waals surface area contributed by atoms with Gasteiger partial charge in [-0.05, 0) is 30.7 Å². The van der Waals surface area contributed by atoms with E-state index in [-0.39, 0.29) is 0 Å². The normalized spacial score (nSPS) is 30.7. The Balaban J connectivity index is 1.65. The lowest BCUT2D eigenvalue weighted by Crippen LogP contribution is -2.35. The molecule has 0 unspecified atom stereocenters. The van der Waals surface area contributed by atoms with Crippen LogP contribution in [0.5, 0.6) is 0 Å². The minimum atomic E-state index is 0.507. The van der Waals surface area contributed by atoms with Crippen molar-refractivity contribution in [3.8, 4) is 0 Å². The summed E-state index contributed by atoms with van der Waals surface area (Å²) in [6.07, 6.45) is 4.41. The lowest BCUT2D eigenvalue weighted by Gasteiger charge is -2.31. The molecule has 0 amide bonds. The van der Waals surface area contributed by atoms with Crippen LogP contribution >= 0.6 is 0 Å². The predicted octanol–water partition coefficient (Wildman–Crippen LogP) is 2.60. The van der Waals surface area contributed by atoms with Crippen LogP contribution < -0.4 is 0 Å². The van der Waals surface area contributed by atoms with E-state index in [4.69, 9.17) is 4.84 Å². The highest BCUT2D eigenvalue weighted by Crippen LogP contribution is 2.34. The van der Waals surface area contributed by atoms with Crippen LogP contribution in [-0.2, 0) is 11.4 Å². The molecule has 1 aromatic carbocycles. The zero-order chi connectivity index (χ0) is 10.1. The number of rotatable bonds is 2. The van der Waals surface area contributed by atoms with Gasteiger partial charge in [-0.25, -0.2) is 0 Å². The molecule has 2 nitrogen and oxygen atoms in total. The highest BCUT2D eigenvalue weighted by molar-refractivity contribution is 5.14. The first kappa shape index (κ1) is 9.37. The first-order valence-corrected chi connectivity index (χ1v) is 5.86. The van der Waals surface area contributed by atoms with Crippen molar-refractivity contribution in [3.05, 3.63) is 35.9 Å². The van der Waals surface area contributed by atoms with E-state index in [0.29, 0.717) is 6.10 Å². The second-order valence-corrected chi connectivity index (χ2v) is 4.71. The Morgan fingerprint density at radius 1 is 1.20 bits per heavy atom. The molecule has 1 heterocycles. The molecular formula is C13H17NO. The fraction of sp³-hybridized carbons (Fsp3) is 0.538. The molecule has 3 rings (SSSR count). The molecule has 2 aliphatic rings. The molecule has 1 aliphatic carbocycles. The second kappa shape index (κ2) is 3.95. The molecule has 2 bridgehead atoms. The van der Waals surface area contributed by atoms with Crippen molar-refractivity contribution < 1.29 is 4.84 Å². The van der Waals surface area contributed by atoms with E-state index in [1.807, 2.05) is 0 Å². The summed E-state index contributed by atoms with van der Waals surface area (Å²) in [7, 11) is 0. The number of fused-ring (bicyclic) bond motifs is 2. The summed E-state index contributed by atoms with van der Waals surface area (Å²) in [6.45, 7) is 2.05. The third-order valence-electron chi connectivity index (χ3n) is 3.45. The molecule has 1 saturated carbocycles. The summed E-state index contributed by atoms with van der Waals surface area (Å²) in [5.41, 5.74) is 1.35. The Morgan fingerprint density at radius 3 is 2.87 bits per heavy atom. The van der Waals surface area contributed by atoms with E-state index in [0.717, 1.165) is 19.0 Å². The topological polar surface area (TPSA) is 12.5 Å². The summed E-state index contributed by atoms with van der Waals surface area (Å²) in [6, 6.07) is 10.6. The fourth-order valence-electron chi connectivity index (χ4n) is 2.72. The van der Waals surface area contributed by atoms with Gasteiger partial charge in [0.05, 0.1) is 6.10 Å². The van der Waals surface area contributed by atoms with Crippen LogP contribution in [0, 0.1) is 5.92 Å². The van der Waals surface area contributed by atoms with Crippen LogP contribution in [0.25, 0.3) is 0 Å². The van der Waals surface area contributed by atoms with Crippen LogP contribution in [0.15, 0.2) is 30.3 Å². The minimum Gasteiger partial charge on any atom is -0.295 e. The van der Waals surface area contributed by atoms with E-state index in [9.17, 15) is 0 Å². The summed E-state index contributed by atoms with van der Waals surface area (Å²) in [4.78, 5) is 5.91. The molecule has 15 heavy (non-hydrogen) atoms. The standard InChI is InChI=1S/C13H17NO/c1-2-4-11(5-3-1)9-14-10-12-6-7-13(8-12)15-14/h1-5,12-13H,6-10H2/t12-,13+/m0/s1. The number of nitrogens with zero attached hydrogens (tertiary/aromatic N) is 1. The van der Waals surface area contributed by atoms with Crippen LogP contribution in [0.4, 0.5) is 0 Å². The highest BCUT2D eigenvalue weighted by atomic mass is 16.7. The van der Waals surface area contributed by atoms with Gasteiger partial charge in [0.2, 0.25) is 0 Å². The minimum absolute atomic E-state index is 0.507. The van der Waals surface area contributed by atoms with Gasteiger partial charge in [0.15, 0.2) is 0 Å². The van der Waals surface area contributed by atoms with Gasteiger partial charge >= 0.3 is 0 Å². The second-order valence-electron chi connectivity index (χ2n) is 4.71. The molecule has 0 N–H and O–H groups in total. The maximum absolute atomic E-state index is 5.91. The fourth-order valence-corrected chi connectivity index (χ4v) is 2.72. The third-order valence-corrected chi connectivity index (χ3v) is 3.45. The first-order valence-electron chi connectivity index (χ1n) is 5.86. The molecule has 0 aromatic heterocycles. The zero-order valence-electron chi connectivity index (χ0n) is 8.93. The summed E-state index contributed by atoms with van der Waals surface area (Å²) >= 11 is 0. The van der Waals surface area contributed by atoms with Crippen molar-refractivity contribution in [1.82, 2.24) is 5.06 Å². The van der Waals surface area contributed by atoms with E-state index in [1.165, 1.54) is 24.8 Å². The van der Waals surface area contributed by atoms with E-state index >= 15 is 0 Å². The average Bonchev–Trinajstić information content (AvgIpc) is 2.60. The summed E-state index contributed by atoms with van der Waals surface area (Å²) in [5.74, 6) is 0.882. The smallest absolute Gasteiger partial charge is 0.0796 e. The maximum atomic E-state index is 5.91. The lowest BCUT2D eigenvalue weighted by molar-refractivity contribution is -0.224. The van der Waals surface area contributed by atoms with Gasteiger partial charge in [0.1, 0.15) is 0 Å². The quantitative estimate of drug-likeness (QED) is 0.732. The molecule has 2 heteroatoms. The largest absolute Gasteiger partial charge is 0.295 e. The lowest BCUT2D eigenvalue weighted by atomic mass is 10.1. The van der Waals surface area contributed by atoms with Crippen molar-refractivity contribution in [2.75, 3.05) is 6.54 Å². The first-order chi connectivity index (χ1) is 7.40. The molecule has 2 fully saturated rings. The Bertz CT molecular complexity index is 313. The molecule has 1 saturated heterocycles. The molecule has 1 aromatic rings. The monoisotopic (exact) mass is 203 g/mol. The molecule has 2 atom stereocenters. The van der Waals surface area contributed by atoms with Gasteiger partial charge < -0.3 is 0 Å². The van der Waals surface area contributed by atoms with E-state index < -0.39 is 0 Å². The Labute approximate surface area is 90.8 Å². The molecule has 1 aliphatic heterocycles. The van der Waals surface area contributed by atoms with Crippen molar-refractivity contribution in [2.24, 2.45) is 5.92 Å². The van der Waals surface area contributed by atoms with Crippen molar-refractivity contribution in [1.29, 1.82) is 0 Å². The predicted molar refractivity (Wildman–Crippen MR) is 59.1 cm³/mol. The van der Waals surface area contributed by atoms with Gasteiger partial charge in [-0.1, -0.05) is 30.3 Å². The number of hydrogen-bond acceptors (Lipinski definition) is 2. The Kier molecular flexibility index (Phi) is 2.47. The molecular weight excluding hydrogens is 186 g/mol. The third kappa shape index (κ3) is 2.06. The Hall–Kier alpha value is -0.860. The zero-order valence-corrected chi connectivity index (χ0v) is 8.93. The van der Waals surface area contributed by atoms with Crippen LogP contribution in [0.2, 0.25) is 0 Å². The van der Waals surface area contributed by atoms with Gasteiger partial charge in [-0.3, -0.25) is 4.84 Å². The molecule has 80 valence electrons. The van der Waals surface area contributed by atoms with E-state index in [2.05, 4.69) is 35.4 Å². The van der Waals surface area contributed by atoms with Gasteiger partial charge in [0, 0.05) is 13.1 Å². The number of hydrogen-bond donors (Lipinski definition) is 0. The van der Waals surface area contributed by atoms with Crippen molar-refractivity contribution in [2.45, 2.75) is 31.9 Å². The Morgan fingerprint density at radius 2 is 2.07 bits per heavy atom. The van der Waals surface area contributed by atoms with Gasteiger partial charge in [-0.2, -0.15) is 5.06 Å². The van der Waals surface area contributed by atoms with Gasteiger partial charge in [0.25, 0.3) is 0 Å². The SMILES string of the molecule is c1ccc(CN2C[C@H]3CC[C@H](C3)O2)cc1. The van der Waals surface area contributed by atoms with Crippen LogP contribution in [-0.4, -0.2) is 17.7 Å². The molecule has 0 radical (unpaired) electrons. The van der Waals surface area contributed by atoms with Crippen molar-refractivity contribution in [3.63, 3.8) is 0 Å².